The van der Waals surface area contributed by atoms with Crippen LogP contribution in [0.1, 0.15) is 13.8 Å². The van der Waals surface area contributed by atoms with Gasteiger partial charge in [-0.15, -0.1) is 0 Å². The molecule has 8 heteroatoms. The third kappa shape index (κ3) is 4.10. The molecule has 0 radical (unpaired) electrons. The second-order valence-corrected chi connectivity index (χ2v) is 5.11. The first kappa shape index (κ1) is 14.6. The quantitative estimate of drug-likeness (QED) is 0.789. The van der Waals surface area contributed by atoms with Crippen LogP contribution in [0.4, 0.5) is 5.82 Å². The summed E-state index contributed by atoms with van der Waals surface area (Å²) in [6.45, 7) is 3.90. The van der Waals surface area contributed by atoms with Crippen LogP contribution in [-0.4, -0.2) is 22.8 Å². The van der Waals surface area contributed by atoms with E-state index in [0.717, 1.165) is 4.57 Å². The topological polar surface area (TPSA) is 96.4 Å². The van der Waals surface area contributed by atoms with E-state index >= 15 is 0 Å². The lowest BCUT2D eigenvalue weighted by Gasteiger charge is -2.12. The van der Waals surface area contributed by atoms with Gasteiger partial charge in [0.2, 0.25) is 0 Å². The first-order valence-corrected chi connectivity index (χ1v) is 7.04. The number of hydrogen-bond acceptors (Lipinski definition) is 6. The third-order valence-corrected chi connectivity index (χ3v) is 3.61. The van der Waals surface area contributed by atoms with Crippen molar-refractivity contribution in [3.8, 4) is 0 Å². The zero-order chi connectivity index (χ0) is 13.6. The molecule has 1 aromatic rings. The van der Waals surface area contributed by atoms with Crippen molar-refractivity contribution in [2.45, 2.75) is 13.8 Å². The molecule has 100 valence electrons. The number of nitrogens with two attached hydrogens (primary N) is 1. The number of hydrogen-bond donors (Lipinski definition) is 1. The van der Waals surface area contributed by atoms with Gasteiger partial charge in [0, 0.05) is 18.2 Å². The Morgan fingerprint density at radius 1 is 1.44 bits per heavy atom. The van der Waals surface area contributed by atoms with Gasteiger partial charge in [0.15, 0.2) is 0 Å². The number of rotatable bonds is 6. The normalized spacial score (nSPS) is 12.1. The van der Waals surface area contributed by atoms with Gasteiger partial charge in [-0.1, -0.05) is 0 Å². The minimum Gasteiger partial charge on any atom is -0.383 e. The molecule has 0 amide bonds. The summed E-state index contributed by atoms with van der Waals surface area (Å²) in [5.74, 6) is 1.35. The first-order chi connectivity index (χ1) is 8.50. The van der Waals surface area contributed by atoms with E-state index < -0.39 is 13.3 Å². The Morgan fingerprint density at radius 3 is 2.56 bits per heavy atom. The highest BCUT2D eigenvalue weighted by Gasteiger charge is 2.18. The van der Waals surface area contributed by atoms with Gasteiger partial charge in [0.1, 0.15) is 5.82 Å². The van der Waals surface area contributed by atoms with Crippen molar-refractivity contribution in [1.29, 1.82) is 0 Å². The Hall–Kier alpha value is -1.43. The molecule has 1 aromatic heterocycles. The predicted octanol–water partition coefficient (Wildman–Crippen LogP) is 1.52. The second-order valence-electron chi connectivity index (χ2n) is 3.22. The van der Waals surface area contributed by atoms with E-state index in [-0.39, 0.29) is 19.0 Å². The second kappa shape index (κ2) is 6.49. The van der Waals surface area contributed by atoms with Crippen LogP contribution in [0.3, 0.4) is 0 Å². The van der Waals surface area contributed by atoms with Crippen molar-refractivity contribution in [3.63, 3.8) is 0 Å². The van der Waals surface area contributed by atoms with E-state index in [4.69, 9.17) is 14.8 Å². The van der Waals surface area contributed by atoms with Gasteiger partial charge < -0.3 is 14.8 Å². The fourth-order valence-electron chi connectivity index (χ4n) is 1.18. The van der Waals surface area contributed by atoms with Crippen molar-refractivity contribution < 1.29 is 13.6 Å². The van der Waals surface area contributed by atoms with Crippen LogP contribution in [0.15, 0.2) is 22.9 Å². The summed E-state index contributed by atoms with van der Waals surface area (Å²) in [6.07, 6.45) is 2.71. The minimum absolute atomic E-state index is 0.127. The maximum Gasteiger partial charge on any atom is 0.355 e. The van der Waals surface area contributed by atoms with Crippen LogP contribution >= 0.6 is 7.60 Å². The van der Waals surface area contributed by atoms with Crippen molar-refractivity contribution in [2.24, 2.45) is 0 Å². The van der Waals surface area contributed by atoms with Crippen molar-refractivity contribution >= 4 is 19.6 Å². The number of anilines is 1. The fraction of sp³-hybridized carbons (Fsp3) is 0.400. The maximum atomic E-state index is 12.1. The smallest absolute Gasteiger partial charge is 0.355 e. The summed E-state index contributed by atoms with van der Waals surface area (Å²) in [6, 6.07) is 1.46. The molecule has 0 aliphatic carbocycles. The molecule has 7 nitrogen and oxygen atoms in total. The van der Waals surface area contributed by atoms with Crippen molar-refractivity contribution in [3.05, 3.63) is 28.6 Å². The summed E-state index contributed by atoms with van der Waals surface area (Å²) < 4.78 is 23.3. The fourth-order valence-corrected chi connectivity index (χ4v) is 2.45. The molecule has 18 heavy (non-hydrogen) atoms. The van der Waals surface area contributed by atoms with Gasteiger partial charge in [0.25, 0.3) is 0 Å². The standard InChI is InChI=1S/C10H16N3O4P/c1-3-16-18(15,17-4-2)8-7-13-6-5-9(11)12-10(13)14/h5-8H,3-4H2,1-2H3,(H2,11,12,14)/b8-7-. The molecule has 0 aliphatic heterocycles. The molecule has 0 fully saturated rings. The number of aromatic nitrogens is 2. The minimum atomic E-state index is -3.32. The van der Waals surface area contributed by atoms with Crippen LogP contribution in [0.2, 0.25) is 0 Å². The molecule has 0 unspecified atom stereocenters. The van der Waals surface area contributed by atoms with Crippen LogP contribution in [0, 0.1) is 0 Å². The Bertz CT molecular complexity index is 516. The summed E-state index contributed by atoms with van der Waals surface area (Å²) >= 11 is 0. The summed E-state index contributed by atoms with van der Waals surface area (Å²) in [7, 11) is -3.32. The average molecular weight is 273 g/mol. The van der Waals surface area contributed by atoms with E-state index in [9.17, 15) is 9.36 Å². The molecule has 0 atom stereocenters. The molecule has 0 aliphatic rings. The van der Waals surface area contributed by atoms with Crippen LogP contribution in [-0.2, 0) is 13.6 Å². The highest BCUT2D eigenvalue weighted by Crippen LogP contribution is 2.49. The van der Waals surface area contributed by atoms with E-state index in [1.807, 2.05) is 0 Å². The molecule has 0 saturated carbocycles. The Labute approximate surface area is 105 Å². The zero-order valence-corrected chi connectivity index (χ0v) is 11.2. The summed E-state index contributed by atoms with van der Waals surface area (Å²) in [5, 5.41) is 0. The van der Waals surface area contributed by atoms with E-state index in [0.29, 0.717) is 0 Å². The SMILES string of the molecule is CCOP(=O)(/C=C\n1ccc(N)nc1=O)OCC. The molecule has 0 bridgehead atoms. The van der Waals surface area contributed by atoms with E-state index in [2.05, 4.69) is 4.98 Å². The van der Waals surface area contributed by atoms with Gasteiger partial charge in [-0.25, -0.2) is 4.79 Å². The molecule has 1 heterocycles. The molecule has 0 aromatic carbocycles. The van der Waals surface area contributed by atoms with Crippen LogP contribution < -0.4 is 11.4 Å². The Balaban J connectivity index is 2.96. The molecular formula is C10H16N3O4P. The number of nitrogen functional groups attached to an aromatic ring is 1. The zero-order valence-electron chi connectivity index (χ0n) is 10.3. The van der Waals surface area contributed by atoms with Crippen molar-refractivity contribution in [1.82, 2.24) is 9.55 Å². The molecule has 0 spiro atoms. The van der Waals surface area contributed by atoms with E-state index in [1.54, 1.807) is 13.8 Å². The molecule has 0 saturated heterocycles. The highest BCUT2D eigenvalue weighted by molar-refractivity contribution is 7.57. The van der Waals surface area contributed by atoms with Crippen LogP contribution in [0.5, 0.6) is 0 Å². The molecule has 1 rings (SSSR count). The average Bonchev–Trinajstić information content (AvgIpc) is 2.28. The van der Waals surface area contributed by atoms with Crippen LogP contribution in [0.25, 0.3) is 6.20 Å². The lowest BCUT2D eigenvalue weighted by atomic mass is 10.6. The summed E-state index contributed by atoms with van der Waals surface area (Å²) in [4.78, 5) is 15.0. The largest absolute Gasteiger partial charge is 0.383 e. The van der Waals surface area contributed by atoms with E-state index in [1.165, 1.54) is 24.3 Å². The monoisotopic (exact) mass is 273 g/mol. The van der Waals surface area contributed by atoms with Gasteiger partial charge in [-0.05, 0) is 19.9 Å². The van der Waals surface area contributed by atoms with Gasteiger partial charge in [-0.3, -0.25) is 9.13 Å². The van der Waals surface area contributed by atoms with Crippen molar-refractivity contribution in [2.75, 3.05) is 18.9 Å². The predicted molar refractivity (Wildman–Crippen MR) is 69.1 cm³/mol. The third-order valence-electron chi connectivity index (χ3n) is 1.88. The molecule has 2 N–H and O–H groups in total. The maximum absolute atomic E-state index is 12.1. The van der Waals surface area contributed by atoms with Gasteiger partial charge in [-0.2, -0.15) is 4.98 Å². The molecular weight excluding hydrogens is 257 g/mol. The number of nitrogens with zero attached hydrogens (tertiary/aromatic N) is 2. The Kier molecular flexibility index (Phi) is 5.27. The highest BCUT2D eigenvalue weighted by atomic mass is 31.2. The first-order valence-electron chi connectivity index (χ1n) is 5.43. The van der Waals surface area contributed by atoms with Gasteiger partial charge in [0.05, 0.1) is 13.2 Å². The lowest BCUT2D eigenvalue weighted by Crippen LogP contribution is -2.19. The van der Waals surface area contributed by atoms with Gasteiger partial charge >= 0.3 is 13.3 Å². The lowest BCUT2D eigenvalue weighted by molar-refractivity contribution is 0.229. The summed E-state index contributed by atoms with van der Waals surface area (Å²) in [5.41, 5.74) is 4.79. The Morgan fingerprint density at radius 2 is 2.06 bits per heavy atom.